The third kappa shape index (κ3) is 6.46. The Morgan fingerprint density at radius 3 is 2.71 bits per heavy atom. The standard InChI is InChI=1S/C21H34N4O3/c1-21(2,3)28-20(26)24-17-11-13-25(15-17)19(23-16-7-4-5-8-16)22-12-10-18-9-6-14-27-18/h6,9,14,16-17H,4-5,7-8,10-13,15H2,1-3H3,(H,22,23)(H,24,26). The summed E-state index contributed by atoms with van der Waals surface area (Å²) in [4.78, 5) is 19.2. The van der Waals surface area contributed by atoms with E-state index in [0.29, 0.717) is 12.6 Å². The molecule has 2 N–H and O–H groups in total. The maximum Gasteiger partial charge on any atom is 0.407 e. The lowest BCUT2D eigenvalue weighted by molar-refractivity contribution is 0.0507. The molecule has 2 heterocycles. The smallest absolute Gasteiger partial charge is 0.407 e. The highest BCUT2D eigenvalue weighted by Gasteiger charge is 2.29. The number of aliphatic imine (C=N–C) groups is 1. The van der Waals surface area contributed by atoms with Crippen LogP contribution in [0.3, 0.4) is 0 Å². The largest absolute Gasteiger partial charge is 0.469 e. The fourth-order valence-electron chi connectivity index (χ4n) is 3.76. The average molecular weight is 391 g/mol. The van der Waals surface area contributed by atoms with Gasteiger partial charge in [0.25, 0.3) is 0 Å². The first-order valence-electron chi connectivity index (χ1n) is 10.5. The number of alkyl carbamates (subject to hydrolysis) is 1. The number of hydrogen-bond acceptors (Lipinski definition) is 4. The zero-order valence-electron chi connectivity index (χ0n) is 17.4. The van der Waals surface area contributed by atoms with E-state index in [4.69, 9.17) is 14.1 Å². The second-order valence-corrected chi connectivity index (χ2v) is 8.74. The minimum atomic E-state index is -0.481. The Morgan fingerprint density at radius 2 is 2.04 bits per heavy atom. The van der Waals surface area contributed by atoms with Crippen molar-refractivity contribution in [3.8, 4) is 0 Å². The molecule has 2 fully saturated rings. The second kappa shape index (κ2) is 9.34. The number of carbonyl (C=O) groups is 1. The predicted molar refractivity (Wildman–Crippen MR) is 109 cm³/mol. The highest BCUT2D eigenvalue weighted by atomic mass is 16.6. The van der Waals surface area contributed by atoms with Crippen molar-refractivity contribution in [2.75, 3.05) is 19.6 Å². The van der Waals surface area contributed by atoms with E-state index in [1.54, 1.807) is 6.26 Å². The Balaban J connectivity index is 1.55. The average Bonchev–Trinajstić information content (AvgIpc) is 3.35. The van der Waals surface area contributed by atoms with E-state index in [1.807, 2.05) is 32.9 Å². The van der Waals surface area contributed by atoms with Crippen molar-refractivity contribution >= 4 is 12.1 Å². The highest BCUT2D eigenvalue weighted by Crippen LogP contribution is 2.19. The minimum absolute atomic E-state index is 0.0792. The lowest BCUT2D eigenvalue weighted by atomic mass is 10.2. The van der Waals surface area contributed by atoms with E-state index < -0.39 is 5.60 Å². The van der Waals surface area contributed by atoms with Gasteiger partial charge < -0.3 is 24.7 Å². The number of furan rings is 1. The third-order valence-corrected chi connectivity index (χ3v) is 5.10. The molecular weight excluding hydrogens is 356 g/mol. The van der Waals surface area contributed by atoms with Gasteiger partial charge in [-0.05, 0) is 52.2 Å². The van der Waals surface area contributed by atoms with Gasteiger partial charge in [-0.2, -0.15) is 0 Å². The van der Waals surface area contributed by atoms with Gasteiger partial charge in [-0.25, -0.2) is 4.79 Å². The summed E-state index contributed by atoms with van der Waals surface area (Å²) in [5.74, 6) is 1.90. The summed E-state index contributed by atoms with van der Waals surface area (Å²) < 4.78 is 10.8. The Hall–Kier alpha value is -2.18. The molecule has 1 aromatic heterocycles. The van der Waals surface area contributed by atoms with E-state index in [1.165, 1.54) is 25.7 Å². The van der Waals surface area contributed by atoms with E-state index in [2.05, 4.69) is 15.5 Å². The summed E-state index contributed by atoms with van der Waals surface area (Å²) in [6, 6.07) is 4.47. The molecule has 1 aromatic rings. The number of carbonyl (C=O) groups excluding carboxylic acids is 1. The molecule has 1 aliphatic heterocycles. The highest BCUT2D eigenvalue weighted by molar-refractivity contribution is 5.81. The fourth-order valence-corrected chi connectivity index (χ4v) is 3.76. The predicted octanol–water partition coefficient (Wildman–Crippen LogP) is 3.31. The summed E-state index contributed by atoms with van der Waals surface area (Å²) in [7, 11) is 0. The fraction of sp³-hybridized carbons (Fsp3) is 0.714. The monoisotopic (exact) mass is 390 g/mol. The van der Waals surface area contributed by atoms with Crippen LogP contribution in [-0.4, -0.2) is 54.3 Å². The van der Waals surface area contributed by atoms with Gasteiger partial charge in [0.05, 0.1) is 12.3 Å². The van der Waals surface area contributed by atoms with Gasteiger partial charge in [0.2, 0.25) is 0 Å². The molecular formula is C21H34N4O3. The number of nitrogens with zero attached hydrogens (tertiary/aromatic N) is 2. The van der Waals surface area contributed by atoms with E-state index in [-0.39, 0.29) is 12.1 Å². The van der Waals surface area contributed by atoms with Crippen molar-refractivity contribution in [3.63, 3.8) is 0 Å². The Morgan fingerprint density at radius 1 is 1.25 bits per heavy atom. The van der Waals surface area contributed by atoms with Crippen LogP contribution in [0.2, 0.25) is 0 Å². The molecule has 3 rings (SSSR count). The van der Waals surface area contributed by atoms with Crippen molar-refractivity contribution in [2.24, 2.45) is 4.99 Å². The number of ether oxygens (including phenoxy) is 1. The Bertz CT molecular complexity index is 645. The molecule has 1 saturated heterocycles. The molecule has 0 radical (unpaired) electrons. The van der Waals surface area contributed by atoms with Crippen LogP contribution in [0.5, 0.6) is 0 Å². The first kappa shape index (κ1) is 20.6. The second-order valence-electron chi connectivity index (χ2n) is 8.74. The van der Waals surface area contributed by atoms with Gasteiger partial charge in [-0.3, -0.25) is 4.99 Å². The third-order valence-electron chi connectivity index (χ3n) is 5.10. The molecule has 1 unspecified atom stereocenters. The van der Waals surface area contributed by atoms with Crippen molar-refractivity contribution in [1.29, 1.82) is 0 Å². The van der Waals surface area contributed by atoms with Crippen LogP contribution >= 0.6 is 0 Å². The molecule has 1 atom stereocenters. The summed E-state index contributed by atoms with van der Waals surface area (Å²) in [5, 5.41) is 6.64. The van der Waals surface area contributed by atoms with Crippen molar-refractivity contribution in [2.45, 2.75) is 77.0 Å². The van der Waals surface area contributed by atoms with Crippen LogP contribution in [0.1, 0.15) is 58.6 Å². The number of hydrogen-bond donors (Lipinski definition) is 2. The number of likely N-dealkylation sites (tertiary alicyclic amines) is 1. The molecule has 0 aromatic carbocycles. The molecule has 0 spiro atoms. The molecule has 28 heavy (non-hydrogen) atoms. The van der Waals surface area contributed by atoms with Gasteiger partial charge in [-0.1, -0.05) is 12.8 Å². The molecule has 0 bridgehead atoms. The van der Waals surface area contributed by atoms with Crippen LogP contribution in [0, 0.1) is 0 Å². The van der Waals surface area contributed by atoms with Crippen LogP contribution in [0.4, 0.5) is 4.79 Å². The van der Waals surface area contributed by atoms with E-state index in [0.717, 1.165) is 37.7 Å². The molecule has 7 heteroatoms. The van der Waals surface area contributed by atoms with E-state index in [9.17, 15) is 4.79 Å². The van der Waals surface area contributed by atoms with Gasteiger partial charge in [-0.15, -0.1) is 0 Å². The number of nitrogens with one attached hydrogen (secondary N) is 2. The zero-order valence-corrected chi connectivity index (χ0v) is 17.4. The maximum atomic E-state index is 12.1. The Kier molecular flexibility index (Phi) is 6.86. The van der Waals surface area contributed by atoms with Gasteiger partial charge in [0, 0.05) is 32.1 Å². The van der Waals surface area contributed by atoms with Crippen molar-refractivity contribution < 1.29 is 13.9 Å². The minimum Gasteiger partial charge on any atom is -0.469 e. The van der Waals surface area contributed by atoms with Crippen molar-refractivity contribution in [3.05, 3.63) is 24.2 Å². The SMILES string of the molecule is CC(C)(C)OC(=O)NC1CCN(C(=NCCc2ccco2)NC2CCCC2)C1. The normalized spacial score (nSPS) is 21.2. The number of rotatable bonds is 5. The first-order valence-corrected chi connectivity index (χ1v) is 10.5. The van der Waals surface area contributed by atoms with Crippen LogP contribution in [-0.2, 0) is 11.2 Å². The lowest BCUT2D eigenvalue weighted by Gasteiger charge is -2.25. The summed E-state index contributed by atoms with van der Waals surface area (Å²) >= 11 is 0. The molecule has 156 valence electrons. The molecule has 7 nitrogen and oxygen atoms in total. The molecule has 1 saturated carbocycles. The van der Waals surface area contributed by atoms with Gasteiger partial charge >= 0.3 is 6.09 Å². The van der Waals surface area contributed by atoms with Crippen LogP contribution in [0.25, 0.3) is 0 Å². The van der Waals surface area contributed by atoms with Gasteiger partial charge in [0.15, 0.2) is 5.96 Å². The summed E-state index contributed by atoms with van der Waals surface area (Å²) in [6.45, 7) is 7.94. The molecule has 1 amide bonds. The molecule has 1 aliphatic carbocycles. The van der Waals surface area contributed by atoms with Crippen LogP contribution in [0.15, 0.2) is 27.8 Å². The number of amides is 1. The quantitative estimate of drug-likeness (QED) is 0.596. The maximum absolute atomic E-state index is 12.1. The lowest BCUT2D eigenvalue weighted by Crippen LogP contribution is -2.46. The molecule has 2 aliphatic rings. The number of guanidine groups is 1. The zero-order chi connectivity index (χ0) is 20.0. The summed E-state index contributed by atoms with van der Waals surface area (Å²) in [5.41, 5.74) is -0.481. The summed E-state index contributed by atoms with van der Waals surface area (Å²) in [6.07, 6.45) is 7.98. The van der Waals surface area contributed by atoms with E-state index >= 15 is 0 Å². The first-order chi connectivity index (χ1) is 13.4. The topological polar surface area (TPSA) is 79.1 Å². The van der Waals surface area contributed by atoms with Crippen LogP contribution < -0.4 is 10.6 Å². The van der Waals surface area contributed by atoms with Gasteiger partial charge in [0.1, 0.15) is 11.4 Å². The van der Waals surface area contributed by atoms with Crippen molar-refractivity contribution in [1.82, 2.24) is 15.5 Å². The Labute approximate surface area is 167 Å².